The van der Waals surface area contributed by atoms with Crippen molar-refractivity contribution in [3.05, 3.63) is 57.3 Å². The first-order chi connectivity index (χ1) is 10.1. The number of aryl methyl sites for hydroxylation is 2. The van der Waals surface area contributed by atoms with E-state index in [-0.39, 0.29) is 6.04 Å². The van der Waals surface area contributed by atoms with Gasteiger partial charge in [-0.2, -0.15) is 0 Å². The van der Waals surface area contributed by atoms with Crippen molar-refractivity contribution in [3.8, 4) is 0 Å². The zero-order valence-electron chi connectivity index (χ0n) is 12.4. The molecule has 0 spiro atoms. The van der Waals surface area contributed by atoms with Crippen molar-refractivity contribution in [3.63, 3.8) is 0 Å². The Hall–Kier alpha value is -1.36. The largest absolute Gasteiger partial charge is 0.305 e. The number of nitrogens with one attached hydrogen (secondary N) is 1. The van der Waals surface area contributed by atoms with E-state index in [1.165, 1.54) is 11.4 Å². The van der Waals surface area contributed by atoms with Crippen molar-refractivity contribution in [2.24, 2.45) is 0 Å². The lowest BCUT2D eigenvalue weighted by Gasteiger charge is -2.16. The predicted molar refractivity (Wildman–Crippen MR) is 89.2 cm³/mol. The molecule has 3 aromatic rings. The number of halogens is 1. The first-order valence-corrected chi connectivity index (χ1v) is 8.23. The molecule has 0 aliphatic rings. The molecule has 5 heteroatoms. The van der Waals surface area contributed by atoms with Crippen molar-refractivity contribution in [2.45, 2.75) is 33.4 Å². The zero-order chi connectivity index (χ0) is 15.0. The van der Waals surface area contributed by atoms with E-state index in [0.717, 1.165) is 27.8 Å². The average Bonchev–Trinajstić information content (AvgIpc) is 2.96. The van der Waals surface area contributed by atoms with Crippen LogP contribution in [-0.2, 0) is 6.54 Å². The van der Waals surface area contributed by atoms with Crippen LogP contribution >= 0.6 is 22.9 Å². The standard InChI is InChI=1S/C16H18ClN3S/c1-10-9-21-16-19-12(3)15(20(10)16)8-18-11(2)13-6-4-5-7-14(13)17/h4-7,9,11,18H,8H2,1-3H3/t11-/m1/s1. The van der Waals surface area contributed by atoms with Gasteiger partial charge in [-0.05, 0) is 32.4 Å². The number of imidazole rings is 1. The summed E-state index contributed by atoms with van der Waals surface area (Å²) in [7, 11) is 0. The molecule has 0 unspecified atom stereocenters. The number of aromatic nitrogens is 2. The fourth-order valence-electron chi connectivity index (χ4n) is 2.56. The molecule has 0 saturated carbocycles. The van der Waals surface area contributed by atoms with Gasteiger partial charge in [0, 0.05) is 28.7 Å². The molecule has 1 N–H and O–H groups in total. The van der Waals surface area contributed by atoms with Crippen LogP contribution in [0.4, 0.5) is 0 Å². The Labute approximate surface area is 133 Å². The highest BCUT2D eigenvalue weighted by atomic mass is 35.5. The fraction of sp³-hybridized carbons (Fsp3) is 0.312. The minimum absolute atomic E-state index is 0.197. The number of benzene rings is 1. The van der Waals surface area contributed by atoms with Gasteiger partial charge < -0.3 is 5.32 Å². The van der Waals surface area contributed by atoms with Gasteiger partial charge in [-0.3, -0.25) is 4.40 Å². The number of hydrogen-bond acceptors (Lipinski definition) is 3. The van der Waals surface area contributed by atoms with E-state index in [1.807, 2.05) is 18.2 Å². The normalized spacial score (nSPS) is 13.0. The average molecular weight is 320 g/mol. The summed E-state index contributed by atoms with van der Waals surface area (Å²) in [6.07, 6.45) is 0. The lowest BCUT2D eigenvalue weighted by Crippen LogP contribution is -2.20. The maximum Gasteiger partial charge on any atom is 0.194 e. The van der Waals surface area contributed by atoms with Gasteiger partial charge in [-0.25, -0.2) is 4.98 Å². The summed E-state index contributed by atoms with van der Waals surface area (Å²) < 4.78 is 2.23. The van der Waals surface area contributed by atoms with Gasteiger partial charge in [0.2, 0.25) is 0 Å². The van der Waals surface area contributed by atoms with Gasteiger partial charge in [0.1, 0.15) is 0 Å². The topological polar surface area (TPSA) is 29.3 Å². The Kier molecular flexibility index (Phi) is 4.02. The molecule has 21 heavy (non-hydrogen) atoms. The summed E-state index contributed by atoms with van der Waals surface area (Å²) in [6, 6.07) is 8.17. The second-order valence-electron chi connectivity index (χ2n) is 5.26. The maximum atomic E-state index is 6.26. The highest BCUT2D eigenvalue weighted by molar-refractivity contribution is 7.15. The second-order valence-corrected chi connectivity index (χ2v) is 6.51. The SMILES string of the molecule is Cc1nc2scc(C)n2c1CN[C@H](C)c1ccccc1Cl. The zero-order valence-corrected chi connectivity index (χ0v) is 13.9. The van der Waals surface area contributed by atoms with Gasteiger partial charge in [-0.15, -0.1) is 11.3 Å². The molecule has 0 bridgehead atoms. The lowest BCUT2D eigenvalue weighted by molar-refractivity contribution is 0.564. The Morgan fingerprint density at radius 2 is 2.10 bits per heavy atom. The first-order valence-electron chi connectivity index (χ1n) is 6.97. The monoisotopic (exact) mass is 319 g/mol. The minimum atomic E-state index is 0.197. The molecule has 3 rings (SSSR count). The number of hydrogen-bond donors (Lipinski definition) is 1. The molecule has 2 aromatic heterocycles. The Bertz CT molecular complexity index is 775. The third-order valence-corrected chi connectivity index (χ3v) is 5.07. The summed E-state index contributed by atoms with van der Waals surface area (Å²) >= 11 is 7.94. The van der Waals surface area contributed by atoms with Crippen LogP contribution in [0.25, 0.3) is 4.96 Å². The molecule has 1 aromatic carbocycles. The number of nitrogens with zero attached hydrogens (tertiary/aromatic N) is 2. The van der Waals surface area contributed by atoms with Crippen LogP contribution in [0.5, 0.6) is 0 Å². The Morgan fingerprint density at radius 3 is 2.86 bits per heavy atom. The second kappa shape index (κ2) is 5.79. The smallest absolute Gasteiger partial charge is 0.194 e. The number of thiazole rings is 1. The number of rotatable bonds is 4. The Balaban J connectivity index is 1.82. The Morgan fingerprint density at radius 1 is 1.33 bits per heavy atom. The highest BCUT2D eigenvalue weighted by Crippen LogP contribution is 2.24. The summed E-state index contributed by atoms with van der Waals surface area (Å²) in [5, 5.41) is 6.50. The minimum Gasteiger partial charge on any atom is -0.305 e. The summed E-state index contributed by atoms with van der Waals surface area (Å²) in [4.78, 5) is 5.68. The molecule has 1 atom stereocenters. The van der Waals surface area contributed by atoms with Gasteiger partial charge in [-0.1, -0.05) is 29.8 Å². The van der Waals surface area contributed by atoms with E-state index in [4.69, 9.17) is 11.6 Å². The molecular weight excluding hydrogens is 302 g/mol. The van der Waals surface area contributed by atoms with Crippen molar-refractivity contribution >= 4 is 27.9 Å². The predicted octanol–water partition coefficient (Wildman–Crippen LogP) is 4.52. The molecule has 0 amide bonds. The van der Waals surface area contributed by atoms with Gasteiger partial charge in [0.05, 0.1) is 11.4 Å². The summed E-state index contributed by atoms with van der Waals surface area (Å²) in [6.45, 7) is 7.09. The van der Waals surface area contributed by atoms with Crippen LogP contribution in [0, 0.1) is 13.8 Å². The molecule has 0 fully saturated rings. The highest BCUT2D eigenvalue weighted by Gasteiger charge is 2.14. The van der Waals surface area contributed by atoms with Gasteiger partial charge in [0.15, 0.2) is 4.96 Å². The van der Waals surface area contributed by atoms with Crippen molar-refractivity contribution in [2.75, 3.05) is 0 Å². The van der Waals surface area contributed by atoms with Crippen LogP contribution in [0.15, 0.2) is 29.6 Å². The molecule has 0 aliphatic carbocycles. The van der Waals surface area contributed by atoms with Crippen molar-refractivity contribution < 1.29 is 0 Å². The summed E-state index contributed by atoms with van der Waals surface area (Å²) in [5.41, 5.74) is 4.67. The van der Waals surface area contributed by atoms with Crippen LogP contribution in [0.1, 0.15) is 35.6 Å². The molecular formula is C16H18ClN3S. The first kappa shape index (κ1) is 14.6. The molecule has 2 heterocycles. The number of fused-ring (bicyclic) bond motifs is 1. The quantitative estimate of drug-likeness (QED) is 0.766. The third kappa shape index (κ3) is 2.71. The molecule has 0 saturated heterocycles. The molecule has 3 nitrogen and oxygen atoms in total. The summed E-state index contributed by atoms with van der Waals surface area (Å²) in [5.74, 6) is 0. The van der Waals surface area contributed by atoms with Crippen molar-refractivity contribution in [1.29, 1.82) is 0 Å². The van der Waals surface area contributed by atoms with E-state index < -0.39 is 0 Å². The van der Waals surface area contributed by atoms with E-state index in [0.29, 0.717) is 0 Å². The van der Waals surface area contributed by atoms with E-state index in [9.17, 15) is 0 Å². The fourth-order valence-corrected chi connectivity index (χ4v) is 3.79. The van der Waals surface area contributed by atoms with Crippen LogP contribution in [0.2, 0.25) is 5.02 Å². The van der Waals surface area contributed by atoms with E-state index in [2.05, 4.69) is 46.9 Å². The van der Waals surface area contributed by atoms with Crippen molar-refractivity contribution in [1.82, 2.24) is 14.7 Å². The van der Waals surface area contributed by atoms with E-state index in [1.54, 1.807) is 11.3 Å². The maximum absolute atomic E-state index is 6.26. The third-order valence-electron chi connectivity index (χ3n) is 3.78. The van der Waals surface area contributed by atoms with Crippen LogP contribution in [0.3, 0.4) is 0 Å². The van der Waals surface area contributed by atoms with Gasteiger partial charge >= 0.3 is 0 Å². The molecule has 0 radical (unpaired) electrons. The lowest BCUT2D eigenvalue weighted by atomic mass is 10.1. The molecule has 110 valence electrons. The van der Waals surface area contributed by atoms with Gasteiger partial charge in [0.25, 0.3) is 0 Å². The van der Waals surface area contributed by atoms with E-state index >= 15 is 0 Å². The molecule has 0 aliphatic heterocycles. The van der Waals surface area contributed by atoms with Crippen LogP contribution in [-0.4, -0.2) is 9.38 Å². The van der Waals surface area contributed by atoms with Crippen LogP contribution < -0.4 is 5.32 Å².